The van der Waals surface area contributed by atoms with E-state index in [1.165, 1.54) is 12.3 Å². The molecule has 3 rings (SSSR count). The van der Waals surface area contributed by atoms with Crippen molar-refractivity contribution in [1.82, 2.24) is 9.88 Å². The topological polar surface area (TPSA) is 82.6 Å². The van der Waals surface area contributed by atoms with Gasteiger partial charge in [-0.15, -0.1) is 0 Å². The van der Waals surface area contributed by atoms with Crippen molar-refractivity contribution in [2.24, 2.45) is 5.92 Å². The number of carbonyl (C=O) groups excluding carboxylic acids is 1. The van der Waals surface area contributed by atoms with E-state index in [4.69, 9.17) is 4.74 Å². The molecule has 0 aliphatic heterocycles. The Kier molecular flexibility index (Phi) is 5.73. The number of aliphatic hydroxyl groups excluding tert-OH is 1. The third-order valence-electron chi connectivity index (χ3n) is 4.92. The van der Waals surface area contributed by atoms with E-state index in [2.05, 4.69) is 4.98 Å². The van der Waals surface area contributed by atoms with Gasteiger partial charge in [-0.25, -0.2) is 0 Å². The summed E-state index contributed by atoms with van der Waals surface area (Å²) in [5.41, 5.74) is 0.0740. The molecule has 0 radical (unpaired) electrons. The maximum Gasteiger partial charge on any atom is 0.253 e. The Balaban J connectivity index is 1.51. The highest BCUT2D eigenvalue weighted by Crippen LogP contribution is 2.32. The first-order valence-corrected chi connectivity index (χ1v) is 8.88. The molecule has 0 bridgehead atoms. The van der Waals surface area contributed by atoms with Crippen molar-refractivity contribution < 1.29 is 14.6 Å². The zero-order valence-corrected chi connectivity index (χ0v) is 14.8. The predicted molar refractivity (Wildman–Crippen MR) is 98.2 cm³/mol. The maximum absolute atomic E-state index is 12.4. The lowest BCUT2D eigenvalue weighted by Gasteiger charge is -2.23. The molecule has 0 unspecified atom stereocenters. The summed E-state index contributed by atoms with van der Waals surface area (Å²) in [5.74, 6) is 0.664. The van der Waals surface area contributed by atoms with Gasteiger partial charge in [0.2, 0.25) is 5.56 Å². The van der Waals surface area contributed by atoms with Gasteiger partial charge in [0.25, 0.3) is 5.91 Å². The zero-order chi connectivity index (χ0) is 18.5. The predicted octanol–water partition coefficient (Wildman–Crippen LogP) is 2.06. The van der Waals surface area contributed by atoms with E-state index in [0.717, 1.165) is 18.6 Å². The molecule has 0 saturated heterocycles. The molecule has 1 aromatic carbocycles. The van der Waals surface area contributed by atoms with Crippen LogP contribution in [0.5, 0.6) is 5.75 Å². The van der Waals surface area contributed by atoms with Crippen molar-refractivity contribution in [2.75, 3.05) is 13.6 Å². The Hall–Kier alpha value is -2.60. The van der Waals surface area contributed by atoms with E-state index in [-0.39, 0.29) is 23.5 Å². The van der Waals surface area contributed by atoms with Crippen LogP contribution in [0.25, 0.3) is 0 Å². The monoisotopic (exact) mass is 356 g/mol. The molecule has 1 heterocycles. The number of aliphatic hydroxyl groups is 1. The number of para-hydroxylation sites is 1. The van der Waals surface area contributed by atoms with Gasteiger partial charge in [0.15, 0.2) is 0 Å². The minimum absolute atomic E-state index is 0.0955. The molecule has 1 aliphatic rings. The van der Waals surface area contributed by atoms with Crippen molar-refractivity contribution in [1.29, 1.82) is 0 Å². The van der Waals surface area contributed by atoms with E-state index in [1.54, 1.807) is 18.0 Å². The van der Waals surface area contributed by atoms with Crippen LogP contribution in [0.15, 0.2) is 53.5 Å². The molecule has 2 aromatic rings. The molecule has 1 aliphatic carbocycles. The maximum atomic E-state index is 12.4. The van der Waals surface area contributed by atoms with Crippen LogP contribution in [0.2, 0.25) is 0 Å². The Morgan fingerprint density at radius 3 is 2.77 bits per heavy atom. The van der Waals surface area contributed by atoms with Crippen molar-refractivity contribution in [3.63, 3.8) is 0 Å². The van der Waals surface area contributed by atoms with Gasteiger partial charge in [-0.2, -0.15) is 0 Å². The number of benzene rings is 1. The van der Waals surface area contributed by atoms with Crippen LogP contribution in [0.4, 0.5) is 0 Å². The van der Waals surface area contributed by atoms with Gasteiger partial charge in [-0.05, 0) is 43.4 Å². The number of carbonyl (C=O) groups is 1. The Morgan fingerprint density at radius 1 is 1.27 bits per heavy atom. The van der Waals surface area contributed by atoms with E-state index < -0.39 is 6.10 Å². The highest BCUT2D eigenvalue weighted by atomic mass is 16.5. The summed E-state index contributed by atoms with van der Waals surface area (Å²) < 4.78 is 5.89. The number of nitrogens with one attached hydrogen (secondary N) is 1. The van der Waals surface area contributed by atoms with E-state index in [0.29, 0.717) is 18.5 Å². The fraction of sp³-hybridized carbons (Fsp3) is 0.400. The first kappa shape index (κ1) is 18.2. The molecule has 6 nitrogen and oxygen atoms in total. The standard InChI is InChI=1S/C20H24N2O4/c1-22(20(25)15-9-11-21-18(23)13-15)12-10-14-7-8-17(19(14)24)26-16-5-3-2-4-6-16/h2-6,9,11,13-14,17,19,24H,7-8,10,12H2,1H3,(H,21,23)/t14-,17-,19-/m1/s1. The molecular formula is C20H24N2O4. The minimum atomic E-state index is -0.543. The summed E-state index contributed by atoms with van der Waals surface area (Å²) in [4.78, 5) is 27.8. The highest BCUT2D eigenvalue weighted by molar-refractivity contribution is 5.93. The van der Waals surface area contributed by atoms with Crippen molar-refractivity contribution in [3.8, 4) is 5.75 Å². The molecule has 1 amide bonds. The quantitative estimate of drug-likeness (QED) is 0.830. The molecular weight excluding hydrogens is 332 g/mol. The summed E-state index contributed by atoms with van der Waals surface area (Å²) in [6.07, 6.45) is 3.07. The Bertz CT molecular complexity index is 790. The molecule has 6 heteroatoms. The normalized spacial score (nSPS) is 22.2. The largest absolute Gasteiger partial charge is 0.488 e. The fourth-order valence-corrected chi connectivity index (χ4v) is 3.40. The summed E-state index contributed by atoms with van der Waals surface area (Å²) >= 11 is 0. The van der Waals surface area contributed by atoms with Crippen LogP contribution in [-0.2, 0) is 0 Å². The van der Waals surface area contributed by atoms with Gasteiger partial charge >= 0.3 is 0 Å². The third-order valence-corrected chi connectivity index (χ3v) is 4.92. The molecule has 3 atom stereocenters. The smallest absolute Gasteiger partial charge is 0.253 e. The molecule has 138 valence electrons. The molecule has 1 saturated carbocycles. The number of hydrogen-bond acceptors (Lipinski definition) is 4. The highest BCUT2D eigenvalue weighted by Gasteiger charge is 2.36. The zero-order valence-electron chi connectivity index (χ0n) is 14.8. The Morgan fingerprint density at radius 2 is 2.04 bits per heavy atom. The van der Waals surface area contributed by atoms with E-state index >= 15 is 0 Å². The Labute approximate surface area is 152 Å². The lowest BCUT2D eigenvalue weighted by molar-refractivity contribution is 0.0305. The van der Waals surface area contributed by atoms with Crippen LogP contribution in [0, 0.1) is 5.92 Å². The van der Waals surface area contributed by atoms with Crippen LogP contribution < -0.4 is 10.3 Å². The number of ether oxygens (including phenoxy) is 1. The first-order chi connectivity index (χ1) is 12.5. The van der Waals surface area contributed by atoms with Gasteiger partial charge in [0.1, 0.15) is 11.9 Å². The number of aromatic nitrogens is 1. The third kappa shape index (κ3) is 4.32. The first-order valence-electron chi connectivity index (χ1n) is 8.88. The summed E-state index contributed by atoms with van der Waals surface area (Å²) in [6.45, 7) is 0.519. The average Bonchev–Trinajstić information content (AvgIpc) is 2.99. The number of amides is 1. The second kappa shape index (κ2) is 8.19. The van der Waals surface area contributed by atoms with Crippen molar-refractivity contribution in [3.05, 3.63) is 64.6 Å². The number of hydrogen-bond donors (Lipinski definition) is 2. The van der Waals surface area contributed by atoms with Crippen molar-refractivity contribution in [2.45, 2.75) is 31.5 Å². The van der Waals surface area contributed by atoms with Crippen LogP contribution in [0.1, 0.15) is 29.6 Å². The van der Waals surface area contributed by atoms with Gasteiger partial charge < -0.3 is 19.7 Å². The fourth-order valence-electron chi connectivity index (χ4n) is 3.40. The number of pyridine rings is 1. The second-order valence-electron chi connectivity index (χ2n) is 6.75. The van der Waals surface area contributed by atoms with Gasteiger partial charge in [0.05, 0.1) is 6.10 Å². The van der Waals surface area contributed by atoms with E-state index in [1.807, 2.05) is 30.3 Å². The lowest BCUT2D eigenvalue weighted by Crippen LogP contribution is -2.34. The van der Waals surface area contributed by atoms with Gasteiger partial charge in [-0.3, -0.25) is 9.59 Å². The summed E-state index contributed by atoms with van der Waals surface area (Å²) in [6, 6.07) is 12.4. The number of rotatable bonds is 6. The number of nitrogens with zero attached hydrogens (tertiary/aromatic N) is 1. The SMILES string of the molecule is CN(CC[C@H]1CC[C@@H](Oc2ccccc2)[C@@H]1O)C(=O)c1cc[nH]c(=O)c1. The molecule has 0 spiro atoms. The number of H-pyrrole nitrogens is 1. The lowest BCUT2D eigenvalue weighted by atomic mass is 10.0. The van der Waals surface area contributed by atoms with Crippen LogP contribution in [0.3, 0.4) is 0 Å². The van der Waals surface area contributed by atoms with Crippen LogP contribution >= 0.6 is 0 Å². The van der Waals surface area contributed by atoms with Crippen LogP contribution in [-0.4, -0.2) is 46.7 Å². The molecule has 2 N–H and O–H groups in total. The average molecular weight is 356 g/mol. The molecule has 1 fully saturated rings. The number of aromatic amines is 1. The van der Waals surface area contributed by atoms with Gasteiger partial charge in [-0.1, -0.05) is 18.2 Å². The minimum Gasteiger partial charge on any atom is -0.488 e. The van der Waals surface area contributed by atoms with Gasteiger partial charge in [0, 0.05) is 31.4 Å². The van der Waals surface area contributed by atoms with E-state index in [9.17, 15) is 14.7 Å². The second-order valence-corrected chi connectivity index (χ2v) is 6.75. The summed E-state index contributed by atoms with van der Waals surface area (Å²) in [7, 11) is 1.71. The van der Waals surface area contributed by atoms with Crippen molar-refractivity contribution >= 4 is 5.91 Å². The molecule has 26 heavy (non-hydrogen) atoms. The molecule has 1 aromatic heterocycles. The summed E-state index contributed by atoms with van der Waals surface area (Å²) in [5, 5.41) is 10.5.